The Morgan fingerprint density at radius 1 is 0.510 bits per heavy atom. The van der Waals surface area contributed by atoms with Gasteiger partial charge in [-0.3, -0.25) is 0 Å². The van der Waals surface area contributed by atoms with Crippen molar-refractivity contribution in [1.82, 2.24) is 9.13 Å². The molecule has 244 valence electrons. The Balaban J connectivity index is 1.31. The van der Waals surface area contributed by atoms with Gasteiger partial charge in [-0.05, 0) is 89.2 Å². The molecule has 2 heteroatoms. The zero-order valence-corrected chi connectivity index (χ0v) is 29.4. The highest BCUT2D eigenvalue weighted by Crippen LogP contribution is 2.38. The fraction of sp³-hybridized carbons (Fsp3) is 0.234. The SMILES string of the molecule is CCC(C)(C)CC(Cc1ccc(-c2cc(-n3c4ccccc4c4ccccc43)cc(-n3c4ccccc4c4ccccc43)c2)cc1)C(C)C. The van der Waals surface area contributed by atoms with Crippen LogP contribution in [0, 0.1) is 17.3 Å². The molecule has 2 aromatic heterocycles. The Hall–Kier alpha value is -5.08. The standard InChI is InChI=1S/C47H46N2/c1-6-47(4,5)31-36(32(2)3)27-33-23-25-34(26-24-33)35-28-37(48-43-19-11-7-15-39(43)40-16-8-12-20-44(40)48)30-38(29-35)49-45-21-13-9-17-41(45)42-18-10-14-22-46(42)49/h7-26,28-30,32,36H,6,27,31H2,1-5H3. The van der Waals surface area contributed by atoms with Crippen LogP contribution in [0.25, 0.3) is 66.1 Å². The first-order valence-electron chi connectivity index (χ1n) is 18.0. The molecular formula is C47H46N2. The minimum Gasteiger partial charge on any atom is -0.309 e. The molecule has 0 aliphatic rings. The average molecular weight is 639 g/mol. The van der Waals surface area contributed by atoms with E-state index in [0.29, 0.717) is 17.3 Å². The smallest absolute Gasteiger partial charge is 0.0541 e. The quantitative estimate of drug-likeness (QED) is 0.149. The summed E-state index contributed by atoms with van der Waals surface area (Å²) in [5.41, 5.74) is 11.5. The largest absolute Gasteiger partial charge is 0.309 e. The summed E-state index contributed by atoms with van der Waals surface area (Å²) in [6, 6.07) is 51.8. The molecule has 2 nitrogen and oxygen atoms in total. The summed E-state index contributed by atoms with van der Waals surface area (Å²) in [7, 11) is 0. The number of rotatable bonds is 9. The minimum atomic E-state index is 0.366. The maximum Gasteiger partial charge on any atom is 0.0541 e. The van der Waals surface area contributed by atoms with Gasteiger partial charge < -0.3 is 9.13 Å². The van der Waals surface area contributed by atoms with Crippen molar-refractivity contribution in [3.05, 3.63) is 145 Å². The number of hydrogen-bond acceptors (Lipinski definition) is 0. The van der Waals surface area contributed by atoms with Crippen LogP contribution in [0.4, 0.5) is 0 Å². The summed E-state index contributed by atoms with van der Waals surface area (Å²) in [6.07, 6.45) is 3.59. The monoisotopic (exact) mass is 638 g/mol. The van der Waals surface area contributed by atoms with E-state index in [-0.39, 0.29) is 0 Å². The van der Waals surface area contributed by atoms with Gasteiger partial charge >= 0.3 is 0 Å². The second-order valence-corrected chi connectivity index (χ2v) is 15.1. The third kappa shape index (κ3) is 5.64. The molecule has 0 saturated heterocycles. The lowest BCUT2D eigenvalue weighted by molar-refractivity contribution is 0.215. The molecule has 0 fully saturated rings. The molecule has 0 aliphatic heterocycles. The second kappa shape index (κ2) is 12.4. The van der Waals surface area contributed by atoms with Crippen molar-refractivity contribution in [1.29, 1.82) is 0 Å². The molecule has 8 aromatic rings. The normalized spacial score (nSPS) is 12.9. The van der Waals surface area contributed by atoms with Gasteiger partial charge in [0.05, 0.1) is 22.1 Å². The molecule has 2 heterocycles. The first-order chi connectivity index (χ1) is 23.8. The molecular weight excluding hydrogens is 593 g/mol. The average Bonchev–Trinajstić information content (AvgIpc) is 3.65. The fourth-order valence-corrected chi connectivity index (χ4v) is 7.96. The van der Waals surface area contributed by atoms with E-state index in [1.165, 1.54) is 73.1 Å². The number of nitrogens with zero attached hydrogens (tertiary/aromatic N) is 2. The summed E-state index contributed by atoms with van der Waals surface area (Å²) < 4.78 is 4.89. The van der Waals surface area contributed by atoms with Crippen LogP contribution in [-0.4, -0.2) is 9.13 Å². The number of fused-ring (bicyclic) bond motifs is 6. The van der Waals surface area contributed by atoms with Gasteiger partial charge in [0.15, 0.2) is 0 Å². The lowest BCUT2D eigenvalue weighted by atomic mass is 9.74. The van der Waals surface area contributed by atoms with Crippen molar-refractivity contribution >= 4 is 43.6 Å². The Labute approximate surface area is 290 Å². The van der Waals surface area contributed by atoms with Crippen LogP contribution in [0.1, 0.15) is 53.0 Å². The lowest BCUT2D eigenvalue weighted by Gasteiger charge is -2.31. The van der Waals surface area contributed by atoms with Gasteiger partial charge in [-0.25, -0.2) is 0 Å². The number of hydrogen-bond donors (Lipinski definition) is 0. The van der Waals surface area contributed by atoms with E-state index in [2.05, 4.69) is 183 Å². The molecule has 0 bridgehead atoms. The predicted molar refractivity (Wildman–Crippen MR) is 211 cm³/mol. The van der Waals surface area contributed by atoms with Gasteiger partial charge in [-0.15, -0.1) is 0 Å². The van der Waals surface area contributed by atoms with Gasteiger partial charge in [0, 0.05) is 32.9 Å². The highest BCUT2D eigenvalue weighted by atomic mass is 15.0. The van der Waals surface area contributed by atoms with Gasteiger partial charge in [0.25, 0.3) is 0 Å². The van der Waals surface area contributed by atoms with Crippen molar-refractivity contribution in [2.75, 3.05) is 0 Å². The molecule has 0 aliphatic carbocycles. The molecule has 0 spiro atoms. The summed E-state index contributed by atoms with van der Waals surface area (Å²) in [6.45, 7) is 11.9. The fourth-order valence-electron chi connectivity index (χ4n) is 7.96. The summed E-state index contributed by atoms with van der Waals surface area (Å²) in [5.74, 6) is 1.32. The number of benzene rings is 6. The maximum absolute atomic E-state index is 2.45. The van der Waals surface area contributed by atoms with Crippen LogP contribution in [0.2, 0.25) is 0 Å². The van der Waals surface area contributed by atoms with E-state index in [4.69, 9.17) is 0 Å². The van der Waals surface area contributed by atoms with E-state index in [1.54, 1.807) is 0 Å². The molecule has 1 atom stereocenters. The van der Waals surface area contributed by atoms with Crippen LogP contribution < -0.4 is 0 Å². The Morgan fingerprint density at radius 2 is 0.918 bits per heavy atom. The van der Waals surface area contributed by atoms with Crippen molar-refractivity contribution < 1.29 is 0 Å². The predicted octanol–water partition coefficient (Wildman–Crippen LogP) is 13.2. The van der Waals surface area contributed by atoms with Crippen molar-refractivity contribution in [2.24, 2.45) is 17.3 Å². The molecule has 0 N–H and O–H groups in total. The Bertz CT molecular complexity index is 2190. The second-order valence-electron chi connectivity index (χ2n) is 15.1. The van der Waals surface area contributed by atoms with Crippen LogP contribution >= 0.6 is 0 Å². The molecule has 0 saturated carbocycles. The van der Waals surface area contributed by atoms with Crippen LogP contribution in [0.15, 0.2) is 140 Å². The number of aromatic nitrogens is 2. The van der Waals surface area contributed by atoms with Crippen LogP contribution in [0.3, 0.4) is 0 Å². The van der Waals surface area contributed by atoms with Crippen molar-refractivity contribution in [2.45, 2.75) is 53.9 Å². The van der Waals surface area contributed by atoms with E-state index in [9.17, 15) is 0 Å². The van der Waals surface area contributed by atoms with Gasteiger partial charge in [-0.1, -0.05) is 138 Å². The van der Waals surface area contributed by atoms with Gasteiger partial charge in [-0.2, -0.15) is 0 Å². The molecule has 0 amide bonds. The van der Waals surface area contributed by atoms with Crippen molar-refractivity contribution in [3.63, 3.8) is 0 Å². The van der Waals surface area contributed by atoms with E-state index in [0.717, 1.165) is 17.8 Å². The summed E-state index contributed by atoms with van der Waals surface area (Å²) in [4.78, 5) is 0. The molecule has 49 heavy (non-hydrogen) atoms. The van der Waals surface area contributed by atoms with E-state index >= 15 is 0 Å². The Kier molecular flexibility index (Phi) is 7.91. The lowest BCUT2D eigenvalue weighted by Crippen LogP contribution is -2.21. The Morgan fingerprint density at radius 3 is 1.31 bits per heavy atom. The molecule has 1 unspecified atom stereocenters. The third-order valence-corrected chi connectivity index (χ3v) is 11.1. The number of para-hydroxylation sites is 4. The maximum atomic E-state index is 2.45. The third-order valence-electron chi connectivity index (χ3n) is 11.1. The zero-order valence-electron chi connectivity index (χ0n) is 29.4. The van der Waals surface area contributed by atoms with Crippen LogP contribution in [0.5, 0.6) is 0 Å². The molecule has 0 radical (unpaired) electrons. The van der Waals surface area contributed by atoms with Gasteiger partial charge in [0.1, 0.15) is 0 Å². The highest BCUT2D eigenvalue weighted by molar-refractivity contribution is 6.10. The summed E-state index contributed by atoms with van der Waals surface area (Å²) >= 11 is 0. The molecule has 6 aromatic carbocycles. The minimum absolute atomic E-state index is 0.366. The molecule has 8 rings (SSSR count). The first-order valence-corrected chi connectivity index (χ1v) is 18.0. The topological polar surface area (TPSA) is 9.86 Å². The van der Waals surface area contributed by atoms with E-state index in [1.807, 2.05) is 0 Å². The van der Waals surface area contributed by atoms with Crippen molar-refractivity contribution in [3.8, 4) is 22.5 Å². The summed E-state index contributed by atoms with van der Waals surface area (Å²) in [5, 5.41) is 5.10. The highest BCUT2D eigenvalue weighted by Gasteiger charge is 2.24. The van der Waals surface area contributed by atoms with E-state index < -0.39 is 0 Å². The first kappa shape index (κ1) is 31.2. The zero-order chi connectivity index (χ0) is 33.7. The van der Waals surface area contributed by atoms with Gasteiger partial charge in [0.2, 0.25) is 0 Å². The van der Waals surface area contributed by atoms with Crippen LogP contribution in [-0.2, 0) is 6.42 Å².